The highest BCUT2D eigenvalue weighted by molar-refractivity contribution is 7.89. The van der Waals surface area contributed by atoms with E-state index in [1.807, 2.05) is 0 Å². The predicted molar refractivity (Wildman–Crippen MR) is 96.5 cm³/mol. The van der Waals surface area contributed by atoms with Gasteiger partial charge in [-0.1, -0.05) is 30.3 Å². The Morgan fingerprint density at radius 1 is 1.04 bits per heavy atom. The van der Waals surface area contributed by atoms with Crippen molar-refractivity contribution in [3.8, 4) is 0 Å². The fraction of sp³-hybridized carbons (Fsp3) is 0.316. The molecule has 1 fully saturated rings. The fourth-order valence-electron chi connectivity index (χ4n) is 3.05. The van der Waals surface area contributed by atoms with Crippen molar-refractivity contribution in [2.45, 2.75) is 30.2 Å². The zero-order valence-electron chi connectivity index (χ0n) is 14.3. The van der Waals surface area contributed by atoms with E-state index < -0.39 is 10.0 Å². The van der Waals surface area contributed by atoms with Gasteiger partial charge in [0.1, 0.15) is 5.82 Å². The number of halogens is 1. The van der Waals surface area contributed by atoms with Crippen LogP contribution in [0.2, 0.25) is 0 Å². The smallest absolute Gasteiger partial charge is 0.243 e. The van der Waals surface area contributed by atoms with Gasteiger partial charge in [-0.15, -0.1) is 0 Å². The molecule has 5 nitrogen and oxygen atoms in total. The highest BCUT2D eigenvalue weighted by Crippen LogP contribution is 2.20. The zero-order valence-corrected chi connectivity index (χ0v) is 15.1. The van der Waals surface area contributed by atoms with Crippen LogP contribution in [0.5, 0.6) is 0 Å². The van der Waals surface area contributed by atoms with Gasteiger partial charge < -0.3 is 5.32 Å². The van der Waals surface area contributed by atoms with Crippen LogP contribution in [-0.2, 0) is 21.2 Å². The Labute approximate surface area is 152 Å². The van der Waals surface area contributed by atoms with Crippen LogP contribution in [0.3, 0.4) is 0 Å². The number of benzene rings is 2. The van der Waals surface area contributed by atoms with Gasteiger partial charge >= 0.3 is 0 Å². The van der Waals surface area contributed by atoms with Gasteiger partial charge in [0, 0.05) is 19.1 Å². The number of nitrogens with one attached hydrogen (secondary N) is 1. The van der Waals surface area contributed by atoms with Crippen LogP contribution in [-0.4, -0.2) is 37.8 Å². The van der Waals surface area contributed by atoms with E-state index in [1.54, 1.807) is 42.5 Å². The number of hydrogen-bond donors (Lipinski definition) is 1. The van der Waals surface area contributed by atoms with E-state index in [9.17, 15) is 17.6 Å². The van der Waals surface area contributed by atoms with Gasteiger partial charge in [-0.2, -0.15) is 4.31 Å². The Morgan fingerprint density at radius 2 is 1.65 bits per heavy atom. The van der Waals surface area contributed by atoms with Gasteiger partial charge in [-0.05, 0) is 42.7 Å². The molecular weight excluding hydrogens is 355 g/mol. The van der Waals surface area contributed by atoms with E-state index in [-0.39, 0.29) is 24.2 Å². The summed E-state index contributed by atoms with van der Waals surface area (Å²) in [5.41, 5.74) is 0.744. The molecule has 2 aromatic rings. The van der Waals surface area contributed by atoms with Crippen molar-refractivity contribution >= 4 is 15.9 Å². The minimum absolute atomic E-state index is 0.0508. The average molecular weight is 376 g/mol. The van der Waals surface area contributed by atoms with Crippen molar-refractivity contribution < 1.29 is 17.6 Å². The standard InChI is InChI=1S/C19H21FN2O3S/c20-16-8-6-15(7-9-16)14-19(23)21-17-10-12-22(13-11-17)26(24,25)18-4-2-1-3-5-18/h1-9,17H,10-14H2,(H,21,23). The number of carbonyl (C=O) groups is 1. The average Bonchev–Trinajstić information content (AvgIpc) is 2.65. The van der Waals surface area contributed by atoms with Gasteiger partial charge in [0.2, 0.25) is 15.9 Å². The number of amides is 1. The SMILES string of the molecule is O=C(Cc1ccc(F)cc1)NC1CCN(S(=O)(=O)c2ccccc2)CC1. The third-order valence-corrected chi connectivity index (χ3v) is 6.39. The molecule has 138 valence electrons. The van der Waals surface area contributed by atoms with Gasteiger partial charge in [0.15, 0.2) is 0 Å². The molecule has 0 saturated carbocycles. The minimum atomic E-state index is -3.48. The fourth-order valence-corrected chi connectivity index (χ4v) is 4.54. The summed E-state index contributed by atoms with van der Waals surface area (Å²) in [6, 6.07) is 14.1. The Balaban J connectivity index is 1.52. The third kappa shape index (κ3) is 4.47. The second-order valence-electron chi connectivity index (χ2n) is 6.36. The molecule has 1 saturated heterocycles. The molecule has 2 aromatic carbocycles. The Kier molecular flexibility index (Phi) is 5.68. The molecular formula is C19H21FN2O3S. The van der Waals surface area contributed by atoms with Crippen LogP contribution in [0, 0.1) is 5.82 Å². The summed E-state index contributed by atoms with van der Waals surface area (Å²) >= 11 is 0. The molecule has 3 rings (SSSR count). The lowest BCUT2D eigenvalue weighted by atomic mass is 10.1. The van der Waals surface area contributed by atoms with Crippen molar-refractivity contribution in [1.29, 1.82) is 0 Å². The van der Waals surface area contributed by atoms with Crippen molar-refractivity contribution in [2.24, 2.45) is 0 Å². The molecule has 0 bridgehead atoms. The molecule has 7 heteroatoms. The van der Waals surface area contributed by atoms with Crippen molar-refractivity contribution in [2.75, 3.05) is 13.1 Å². The first-order valence-corrected chi connectivity index (χ1v) is 9.98. The molecule has 0 radical (unpaired) electrons. The van der Waals surface area contributed by atoms with Crippen molar-refractivity contribution in [3.05, 3.63) is 66.0 Å². The maximum Gasteiger partial charge on any atom is 0.243 e. The second-order valence-corrected chi connectivity index (χ2v) is 8.30. The molecule has 0 spiro atoms. The number of carbonyl (C=O) groups excluding carboxylic acids is 1. The molecule has 26 heavy (non-hydrogen) atoms. The first-order valence-electron chi connectivity index (χ1n) is 8.54. The zero-order chi connectivity index (χ0) is 18.6. The predicted octanol–water partition coefficient (Wildman–Crippen LogP) is 2.34. The van der Waals surface area contributed by atoms with E-state index in [1.165, 1.54) is 16.4 Å². The van der Waals surface area contributed by atoms with Gasteiger partial charge in [-0.3, -0.25) is 4.79 Å². The maximum absolute atomic E-state index is 12.9. The third-order valence-electron chi connectivity index (χ3n) is 4.48. The number of rotatable bonds is 5. The first-order chi connectivity index (χ1) is 12.4. The van der Waals surface area contributed by atoms with Crippen LogP contribution < -0.4 is 5.32 Å². The second kappa shape index (κ2) is 7.97. The number of nitrogens with zero attached hydrogens (tertiary/aromatic N) is 1. The number of hydrogen-bond acceptors (Lipinski definition) is 3. The molecule has 0 aromatic heterocycles. The number of sulfonamides is 1. The normalized spacial score (nSPS) is 16.3. The van der Waals surface area contributed by atoms with Gasteiger partial charge in [0.05, 0.1) is 11.3 Å². The molecule has 0 unspecified atom stereocenters. The quantitative estimate of drug-likeness (QED) is 0.871. The monoisotopic (exact) mass is 376 g/mol. The molecule has 1 aliphatic rings. The molecule has 1 N–H and O–H groups in total. The molecule has 0 atom stereocenters. The first kappa shape index (κ1) is 18.5. The lowest BCUT2D eigenvalue weighted by Crippen LogP contribution is -2.46. The largest absolute Gasteiger partial charge is 0.353 e. The van der Waals surface area contributed by atoms with Crippen molar-refractivity contribution in [3.63, 3.8) is 0 Å². The molecule has 0 aliphatic carbocycles. The van der Waals surface area contributed by atoms with Crippen LogP contribution in [0.15, 0.2) is 59.5 Å². The Hall–Kier alpha value is -2.25. The summed E-state index contributed by atoms with van der Waals surface area (Å²) in [5, 5.41) is 2.94. The Bertz CT molecular complexity index is 846. The van der Waals surface area contributed by atoms with E-state index in [2.05, 4.69) is 5.32 Å². The van der Waals surface area contributed by atoms with Crippen LogP contribution in [0.4, 0.5) is 4.39 Å². The summed E-state index contributed by atoms with van der Waals surface area (Å²) in [6.07, 6.45) is 1.32. The lowest BCUT2D eigenvalue weighted by Gasteiger charge is -2.31. The van der Waals surface area contributed by atoms with Crippen LogP contribution in [0.25, 0.3) is 0 Å². The lowest BCUT2D eigenvalue weighted by molar-refractivity contribution is -0.121. The van der Waals surface area contributed by atoms with Gasteiger partial charge in [0.25, 0.3) is 0 Å². The van der Waals surface area contributed by atoms with E-state index in [0.717, 1.165) is 5.56 Å². The van der Waals surface area contributed by atoms with Crippen LogP contribution >= 0.6 is 0 Å². The minimum Gasteiger partial charge on any atom is -0.353 e. The highest BCUT2D eigenvalue weighted by Gasteiger charge is 2.29. The molecule has 1 aliphatic heterocycles. The van der Waals surface area contributed by atoms with E-state index >= 15 is 0 Å². The van der Waals surface area contributed by atoms with Crippen LogP contribution in [0.1, 0.15) is 18.4 Å². The number of piperidine rings is 1. The topological polar surface area (TPSA) is 66.5 Å². The van der Waals surface area contributed by atoms with E-state index in [4.69, 9.17) is 0 Å². The highest BCUT2D eigenvalue weighted by atomic mass is 32.2. The summed E-state index contributed by atoms with van der Waals surface area (Å²) in [5.74, 6) is -0.470. The maximum atomic E-state index is 12.9. The summed E-state index contributed by atoms with van der Waals surface area (Å²) in [7, 11) is -3.48. The van der Waals surface area contributed by atoms with E-state index in [0.29, 0.717) is 30.8 Å². The van der Waals surface area contributed by atoms with Gasteiger partial charge in [-0.25, -0.2) is 12.8 Å². The van der Waals surface area contributed by atoms with Crippen molar-refractivity contribution in [1.82, 2.24) is 9.62 Å². The molecule has 1 heterocycles. The summed E-state index contributed by atoms with van der Waals surface area (Å²) < 4.78 is 39.5. The molecule has 1 amide bonds. The summed E-state index contributed by atoms with van der Waals surface area (Å²) in [6.45, 7) is 0.747. The Morgan fingerprint density at radius 3 is 2.27 bits per heavy atom. The summed E-state index contributed by atoms with van der Waals surface area (Å²) in [4.78, 5) is 12.4.